The molecule has 1 aliphatic rings. The fraction of sp³-hybridized carbons (Fsp3) is 0. The number of benzene rings is 11. The zero-order valence-corrected chi connectivity index (χ0v) is 37.9. The van der Waals surface area contributed by atoms with Gasteiger partial charge in [-0.2, -0.15) is 0 Å². The smallest absolute Gasteiger partial charge is 0.188 e. The molecular formula is C66H40N4. The average molecular weight is 889 g/mol. The van der Waals surface area contributed by atoms with Crippen molar-refractivity contribution >= 4 is 27.2 Å². The zero-order chi connectivity index (χ0) is 46.5. The summed E-state index contributed by atoms with van der Waals surface area (Å²) in [5, 5.41) is 5.00. The van der Waals surface area contributed by atoms with Crippen molar-refractivity contribution in [2.24, 2.45) is 0 Å². The molecule has 0 unspecified atom stereocenters. The second-order valence-corrected chi connectivity index (χ2v) is 17.8. The highest BCUT2D eigenvalue weighted by atomic mass is 15.0. The molecule has 70 heavy (non-hydrogen) atoms. The minimum absolute atomic E-state index is 0.599. The highest BCUT2D eigenvalue weighted by Gasteiger charge is 2.25. The molecule has 0 N–H and O–H groups in total. The van der Waals surface area contributed by atoms with Crippen LogP contribution < -0.4 is 0 Å². The zero-order valence-electron chi connectivity index (χ0n) is 37.9. The molecule has 0 fully saturated rings. The first-order valence-corrected chi connectivity index (χ1v) is 23.5. The van der Waals surface area contributed by atoms with Crippen LogP contribution in [0.2, 0.25) is 0 Å². The summed E-state index contributed by atoms with van der Waals surface area (Å²) in [6.45, 7) is 8.15. The van der Waals surface area contributed by atoms with Crippen molar-refractivity contribution in [2.75, 3.05) is 0 Å². The molecule has 1 aliphatic carbocycles. The molecule has 1 heterocycles. The van der Waals surface area contributed by atoms with E-state index in [1.807, 2.05) is 42.5 Å². The Bertz CT molecular complexity index is 4050. The van der Waals surface area contributed by atoms with Gasteiger partial charge in [-0.3, -0.25) is 0 Å². The topological polar surface area (TPSA) is 43.0 Å². The van der Waals surface area contributed by atoms with Crippen molar-refractivity contribution in [3.8, 4) is 112 Å². The van der Waals surface area contributed by atoms with E-state index in [0.717, 1.165) is 66.8 Å². The van der Waals surface area contributed by atoms with Gasteiger partial charge in [-0.15, -0.1) is 0 Å². The largest absolute Gasteiger partial charge is 0.238 e. The van der Waals surface area contributed by atoms with Crippen molar-refractivity contribution in [3.05, 3.63) is 254 Å². The first-order chi connectivity index (χ1) is 34.6. The summed E-state index contributed by atoms with van der Waals surface area (Å²) in [6.07, 6.45) is 0. The maximum Gasteiger partial charge on any atom is 0.188 e. The quantitative estimate of drug-likeness (QED) is 0.143. The molecule has 0 radical (unpaired) electrons. The first-order valence-electron chi connectivity index (χ1n) is 23.5. The van der Waals surface area contributed by atoms with Gasteiger partial charge in [0.2, 0.25) is 0 Å². The fourth-order valence-corrected chi connectivity index (χ4v) is 10.3. The van der Waals surface area contributed by atoms with E-state index in [-0.39, 0.29) is 0 Å². The minimum Gasteiger partial charge on any atom is -0.238 e. The third-order valence-corrected chi connectivity index (χ3v) is 13.7. The molecular weight excluding hydrogens is 849 g/mol. The summed E-state index contributed by atoms with van der Waals surface area (Å²) in [6, 6.07) is 85.3. The molecule has 324 valence electrons. The second-order valence-electron chi connectivity index (χ2n) is 17.8. The van der Waals surface area contributed by atoms with Gasteiger partial charge in [-0.25, -0.2) is 19.8 Å². The number of aromatic nitrogens is 3. The fourth-order valence-electron chi connectivity index (χ4n) is 10.3. The third-order valence-electron chi connectivity index (χ3n) is 13.7. The Morgan fingerprint density at radius 3 is 1.43 bits per heavy atom. The van der Waals surface area contributed by atoms with Crippen LogP contribution in [0.4, 0.5) is 5.69 Å². The minimum atomic E-state index is 0.599. The predicted molar refractivity (Wildman–Crippen MR) is 289 cm³/mol. The van der Waals surface area contributed by atoms with Gasteiger partial charge in [0.05, 0.1) is 6.57 Å². The Kier molecular flexibility index (Phi) is 9.85. The predicted octanol–water partition coefficient (Wildman–Crippen LogP) is 17.7. The molecule has 0 amide bonds. The molecule has 11 aromatic carbocycles. The number of rotatable bonds is 8. The van der Waals surface area contributed by atoms with Crippen molar-refractivity contribution in [1.82, 2.24) is 15.0 Å². The van der Waals surface area contributed by atoms with Crippen molar-refractivity contribution < 1.29 is 0 Å². The summed E-state index contributed by atoms with van der Waals surface area (Å²) in [5.74, 6) is 1.84. The Morgan fingerprint density at radius 2 is 0.700 bits per heavy atom. The van der Waals surface area contributed by atoms with Gasteiger partial charge in [0, 0.05) is 16.7 Å². The van der Waals surface area contributed by atoms with Crippen LogP contribution in [-0.2, 0) is 0 Å². The molecule has 0 aliphatic heterocycles. The Labute approximate surface area is 406 Å². The normalized spacial score (nSPS) is 11.4. The molecule has 0 saturated heterocycles. The molecule has 0 bridgehead atoms. The highest BCUT2D eigenvalue weighted by Crippen LogP contribution is 2.52. The van der Waals surface area contributed by atoms with Gasteiger partial charge in [-0.05, 0) is 130 Å². The average Bonchev–Trinajstić information content (AvgIpc) is 3.78. The van der Waals surface area contributed by atoms with E-state index < -0.39 is 0 Å². The van der Waals surface area contributed by atoms with Gasteiger partial charge in [0.1, 0.15) is 0 Å². The van der Waals surface area contributed by atoms with Crippen LogP contribution in [0.5, 0.6) is 0 Å². The Balaban J connectivity index is 0.826. The highest BCUT2D eigenvalue weighted by molar-refractivity contribution is 6.18. The van der Waals surface area contributed by atoms with Crippen molar-refractivity contribution in [1.29, 1.82) is 0 Å². The molecule has 12 aromatic rings. The van der Waals surface area contributed by atoms with Gasteiger partial charge in [0.25, 0.3) is 0 Å². The van der Waals surface area contributed by atoms with E-state index in [2.05, 4.69) is 205 Å². The maximum atomic E-state index is 8.15. The van der Waals surface area contributed by atoms with Gasteiger partial charge in [-0.1, -0.05) is 212 Å². The van der Waals surface area contributed by atoms with Crippen LogP contribution in [0.1, 0.15) is 0 Å². The molecule has 0 spiro atoms. The van der Waals surface area contributed by atoms with Crippen LogP contribution in [-0.4, -0.2) is 15.0 Å². The summed E-state index contributed by atoms with van der Waals surface area (Å²) in [5.41, 5.74) is 19.3. The standard InChI is InChI=1S/C66H40N4/c1-67-55-40-53(39-54(41-55)56-21-7-8-22-57(56)58-24-12-25-60-59-23-10-17-46-18-11-26-61(62(46)59)63(58)60)45-29-27-43(28-30-45)50-19-9-20-52(38-50)66-69-64(47-14-3-2-4-15-47)68-65(70-66)48-34-31-44(32-35-48)51-36-33-42-13-5-6-16-49(42)37-51/h2-41H. The molecule has 4 heteroatoms. The molecule has 4 nitrogen and oxygen atoms in total. The molecule has 0 saturated carbocycles. The lowest BCUT2D eigenvalue weighted by atomic mass is 9.87. The number of hydrogen-bond donors (Lipinski definition) is 0. The van der Waals surface area contributed by atoms with Crippen molar-refractivity contribution in [3.63, 3.8) is 0 Å². The van der Waals surface area contributed by atoms with Crippen LogP contribution in [0.15, 0.2) is 243 Å². The van der Waals surface area contributed by atoms with Crippen molar-refractivity contribution in [2.45, 2.75) is 0 Å². The van der Waals surface area contributed by atoms with E-state index in [1.54, 1.807) is 0 Å². The lowest BCUT2D eigenvalue weighted by molar-refractivity contribution is 1.07. The van der Waals surface area contributed by atoms with E-state index >= 15 is 0 Å². The number of fused-ring (bicyclic) bond motifs is 4. The summed E-state index contributed by atoms with van der Waals surface area (Å²) >= 11 is 0. The number of hydrogen-bond acceptors (Lipinski definition) is 3. The summed E-state index contributed by atoms with van der Waals surface area (Å²) < 4.78 is 0. The Hall–Kier alpha value is -9.56. The monoisotopic (exact) mass is 888 g/mol. The molecule has 0 atom stereocenters. The summed E-state index contributed by atoms with van der Waals surface area (Å²) in [4.78, 5) is 19.1. The van der Waals surface area contributed by atoms with Gasteiger partial charge < -0.3 is 0 Å². The van der Waals surface area contributed by atoms with E-state index in [1.165, 1.54) is 49.4 Å². The van der Waals surface area contributed by atoms with E-state index in [9.17, 15) is 0 Å². The van der Waals surface area contributed by atoms with Gasteiger partial charge >= 0.3 is 0 Å². The maximum absolute atomic E-state index is 8.15. The van der Waals surface area contributed by atoms with Crippen LogP contribution in [0.25, 0.3) is 138 Å². The lowest BCUT2D eigenvalue weighted by Gasteiger charge is -2.16. The summed E-state index contributed by atoms with van der Waals surface area (Å²) in [7, 11) is 0. The second kappa shape index (κ2) is 16.9. The Morgan fingerprint density at radius 1 is 0.257 bits per heavy atom. The first kappa shape index (κ1) is 40.7. The number of nitrogens with zero attached hydrogens (tertiary/aromatic N) is 4. The lowest BCUT2D eigenvalue weighted by Crippen LogP contribution is -2.00. The van der Waals surface area contributed by atoms with Crippen LogP contribution in [0.3, 0.4) is 0 Å². The van der Waals surface area contributed by atoms with Gasteiger partial charge in [0.15, 0.2) is 23.2 Å². The SMILES string of the molecule is [C-]#[N+]c1cc(-c2ccc(-c3cccc(-c4nc(-c5ccccc5)nc(-c5ccc(-c6ccc7ccccc7c6)cc5)n4)c3)cc2)cc(-c2ccccc2-c2cccc3c2-c2cccc4cccc-3c24)c1. The molecule has 1 aromatic heterocycles. The third kappa shape index (κ3) is 7.22. The molecule has 13 rings (SSSR count). The van der Waals surface area contributed by atoms with E-state index in [0.29, 0.717) is 23.2 Å². The van der Waals surface area contributed by atoms with E-state index in [4.69, 9.17) is 21.5 Å². The van der Waals surface area contributed by atoms with Crippen LogP contribution in [0, 0.1) is 6.57 Å². The van der Waals surface area contributed by atoms with Crippen LogP contribution >= 0.6 is 0 Å².